The zero-order chi connectivity index (χ0) is 16.3. The molecule has 0 atom stereocenters. The summed E-state index contributed by atoms with van der Waals surface area (Å²) in [7, 11) is 0. The van der Waals surface area contributed by atoms with Crippen molar-refractivity contribution in [2.45, 2.75) is 0 Å². The number of rotatable bonds is 5. The van der Waals surface area contributed by atoms with Gasteiger partial charge in [-0.05, 0) is 0 Å². The van der Waals surface area contributed by atoms with Crippen molar-refractivity contribution in [3.05, 3.63) is 69.8 Å². The summed E-state index contributed by atoms with van der Waals surface area (Å²) < 4.78 is 32.8. The molecule has 0 aliphatic rings. The first-order chi connectivity index (χ1) is 10.3. The molecule has 0 unspecified atom stereocenters. The number of carbonyl (C=O) groups excluding carboxylic acids is 1. The van der Waals surface area contributed by atoms with Crippen LogP contribution < -0.4 is 3.73 Å². The van der Waals surface area contributed by atoms with E-state index >= 15 is 0 Å². The Morgan fingerprint density at radius 2 is 1.73 bits per heavy atom. The summed E-state index contributed by atoms with van der Waals surface area (Å²) in [5.74, 6) is -1.03. The van der Waals surface area contributed by atoms with Gasteiger partial charge in [-0.2, -0.15) is 0 Å². The van der Waals surface area contributed by atoms with Gasteiger partial charge in [-0.25, -0.2) is 0 Å². The second-order valence-corrected chi connectivity index (χ2v) is 6.66. The van der Waals surface area contributed by atoms with E-state index in [4.69, 9.17) is 8.19 Å². The quantitative estimate of drug-likeness (QED) is 0.350. The fourth-order valence-corrected chi connectivity index (χ4v) is 2.62. The van der Waals surface area contributed by atoms with E-state index in [1.165, 1.54) is 6.07 Å². The third-order valence-electron chi connectivity index (χ3n) is 2.67. The molecule has 2 N–H and O–H groups in total. The first-order valence-corrected chi connectivity index (χ1v) is 9.12. The molecule has 0 spiro atoms. The Morgan fingerprint density at radius 1 is 1.09 bits per heavy atom. The molecule has 0 amide bonds. The van der Waals surface area contributed by atoms with Gasteiger partial charge in [-0.1, -0.05) is 0 Å². The van der Waals surface area contributed by atoms with Gasteiger partial charge < -0.3 is 0 Å². The third-order valence-corrected chi connectivity index (χ3v) is 3.58. The van der Waals surface area contributed by atoms with Gasteiger partial charge in [0.15, 0.2) is 0 Å². The molecule has 114 valence electrons. The minimum atomic E-state index is -5.56. The van der Waals surface area contributed by atoms with Crippen LogP contribution in [0.25, 0.3) is 0 Å². The molecule has 2 aromatic rings. The average Bonchev–Trinajstić information content (AvgIpc) is 2.46. The zero-order valence-corrected chi connectivity index (χ0v) is 12.8. The summed E-state index contributed by atoms with van der Waals surface area (Å²) in [6.07, 6.45) is 0. The summed E-state index contributed by atoms with van der Waals surface area (Å²) in [6, 6.07) is 11.3. The van der Waals surface area contributed by atoms with E-state index in [0.29, 0.717) is 5.56 Å². The zero-order valence-electron chi connectivity index (χ0n) is 10.9. The Morgan fingerprint density at radius 3 is 2.27 bits per heavy atom. The maximum absolute atomic E-state index is 12.2. The molecular formula is C13H10AsNO7. The van der Waals surface area contributed by atoms with E-state index in [1.54, 1.807) is 30.3 Å². The molecule has 0 radical (unpaired) electrons. The van der Waals surface area contributed by atoms with Crippen LogP contribution in [-0.4, -0.2) is 33.4 Å². The van der Waals surface area contributed by atoms with Crippen molar-refractivity contribution < 1.29 is 25.4 Å². The van der Waals surface area contributed by atoms with Crippen molar-refractivity contribution in [2.75, 3.05) is 0 Å². The first-order valence-electron chi connectivity index (χ1n) is 5.91. The van der Waals surface area contributed by atoms with Crippen LogP contribution in [0.4, 0.5) is 5.69 Å². The Balaban J connectivity index is 2.44. The number of nitrogens with zero attached hydrogens (tertiary/aromatic N) is 1. The molecule has 8 nitrogen and oxygen atoms in total. The molecule has 2 rings (SSSR count). The second-order valence-electron chi connectivity index (χ2n) is 4.22. The van der Waals surface area contributed by atoms with Crippen LogP contribution in [0.5, 0.6) is 5.75 Å². The van der Waals surface area contributed by atoms with Crippen LogP contribution >= 0.6 is 0 Å². The van der Waals surface area contributed by atoms with Gasteiger partial charge in [0, 0.05) is 0 Å². The van der Waals surface area contributed by atoms with E-state index in [1.807, 2.05) is 0 Å². The molecule has 0 saturated heterocycles. The summed E-state index contributed by atoms with van der Waals surface area (Å²) >= 11 is -5.56. The molecule has 0 aliphatic heterocycles. The number of carbonyl (C=O) groups is 1. The number of ketones is 1. The molecule has 0 aromatic heterocycles. The average molecular weight is 367 g/mol. The van der Waals surface area contributed by atoms with E-state index in [2.05, 4.69) is 3.73 Å². The second kappa shape index (κ2) is 6.15. The Kier molecular flexibility index (Phi) is 4.46. The summed E-state index contributed by atoms with van der Waals surface area (Å²) in [6.45, 7) is 0. The Labute approximate surface area is 127 Å². The minimum absolute atomic E-state index is 0.0169. The van der Waals surface area contributed by atoms with Crippen LogP contribution in [0.15, 0.2) is 48.5 Å². The molecule has 0 aliphatic carbocycles. The van der Waals surface area contributed by atoms with E-state index in [9.17, 15) is 18.6 Å². The van der Waals surface area contributed by atoms with Crippen LogP contribution in [0.2, 0.25) is 0 Å². The Bertz CT molecular complexity index is 769. The molecule has 0 bridgehead atoms. The molecule has 2 aromatic carbocycles. The number of nitro benzene ring substituents is 1. The monoisotopic (exact) mass is 367 g/mol. The van der Waals surface area contributed by atoms with E-state index < -0.39 is 36.7 Å². The van der Waals surface area contributed by atoms with Gasteiger partial charge in [-0.15, -0.1) is 0 Å². The fourth-order valence-electron chi connectivity index (χ4n) is 1.76. The molecule has 9 heteroatoms. The normalized spacial score (nSPS) is 11.0. The summed E-state index contributed by atoms with van der Waals surface area (Å²) in [5, 5.41) is 11.0. The van der Waals surface area contributed by atoms with Crippen LogP contribution in [0, 0.1) is 10.1 Å². The number of hydrogen-bond acceptors (Lipinski definition) is 5. The van der Waals surface area contributed by atoms with Crippen molar-refractivity contribution in [2.24, 2.45) is 0 Å². The Hall–Kier alpha value is -2.41. The van der Waals surface area contributed by atoms with Crippen molar-refractivity contribution in [1.82, 2.24) is 0 Å². The molecule has 0 fully saturated rings. The third kappa shape index (κ3) is 3.82. The van der Waals surface area contributed by atoms with Crippen molar-refractivity contribution in [3.8, 4) is 5.75 Å². The van der Waals surface area contributed by atoms with Gasteiger partial charge in [0.05, 0.1) is 0 Å². The van der Waals surface area contributed by atoms with Crippen LogP contribution in [-0.2, 0) is 3.74 Å². The van der Waals surface area contributed by atoms with Crippen molar-refractivity contribution in [1.29, 1.82) is 0 Å². The topological polar surface area (TPSA) is 127 Å². The first kappa shape index (κ1) is 16.0. The standard InChI is InChI=1S/C13H10AsNO7/c16-13(9-4-2-1-3-5-9)10-6-7-12(22-14(17,18)19)11(8-10)15(20)21/h1-8H,(H2,17,18,19). The number of hydrogen-bond donors (Lipinski definition) is 2. The predicted molar refractivity (Wildman–Crippen MR) is 74.5 cm³/mol. The molecule has 0 saturated carbocycles. The van der Waals surface area contributed by atoms with Gasteiger partial charge in [0.2, 0.25) is 0 Å². The van der Waals surface area contributed by atoms with Gasteiger partial charge in [-0.3, -0.25) is 0 Å². The fraction of sp³-hybridized carbons (Fsp3) is 0. The van der Waals surface area contributed by atoms with Crippen molar-refractivity contribution >= 4 is 26.0 Å². The molecular weight excluding hydrogens is 357 g/mol. The van der Waals surface area contributed by atoms with Crippen LogP contribution in [0.3, 0.4) is 0 Å². The van der Waals surface area contributed by atoms with E-state index in [-0.39, 0.29) is 5.56 Å². The van der Waals surface area contributed by atoms with Crippen molar-refractivity contribution in [3.63, 3.8) is 0 Å². The maximum atomic E-state index is 12.2. The van der Waals surface area contributed by atoms with Crippen LogP contribution in [0.1, 0.15) is 15.9 Å². The molecule has 0 heterocycles. The summed E-state index contributed by atoms with van der Waals surface area (Å²) in [5.41, 5.74) is -0.334. The predicted octanol–water partition coefficient (Wildman–Crippen LogP) is 1.06. The summed E-state index contributed by atoms with van der Waals surface area (Å²) in [4.78, 5) is 22.3. The molecule has 22 heavy (non-hydrogen) atoms. The van der Waals surface area contributed by atoms with Gasteiger partial charge in [0.25, 0.3) is 0 Å². The number of benzene rings is 2. The van der Waals surface area contributed by atoms with Gasteiger partial charge >= 0.3 is 127 Å². The SMILES string of the molecule is O=C(c1ccccc1)c1ccc(O[As](=O)(O)O)c([N+](=O)[O-])c1. The number of nitro groups is 1. The van der Waals surface area contributed by atoms with E-state index in [0.717, 1.165) is 12.1 Å². The van der Waals surface area contributed by atoms with Gasteiger partial charge in [0.1, 0.15) is 0 Å².